The van der Waals surface area contributed by atoms with Crippen molar-refractivity contribution in [2.24, 2.45) is 0 Å². The molecular formula is C11H18N4OS. The van der Waals surface area contributed by atoms with Crippen molar-refractivity contribution in [3.05, 3.63) is 10.6 Å². The van der Waals surface area contributed by atoms with Crippen molar-refractivity contribution in [2.75, 3.05) is 25.9 Å². The van der Waals surface area contributed by atoms with E-state index in [-0.39, 0.29) is 5.91 Å². The molecule has 5 nitrogen and oxygen atoms in total. The summed E-state index contributed by atoms with van der Waals surface area (Å²) >= 11 is 1.24. The minimum absolute atomic E-state index is 0.0686. The molecule has 1 aromatic heterocycles. The highest BCUT2D eigenvalue weighted by molar-refractivity contribution is 7.17. The van der Waals surface area contributed by atoms with Crippen LogP contribution in [0.2, 0.25) is 0 Å². The van der Waals surface area contributed by atoms with Crippen LogP contribution in [0.15, 0.2) is 0 Å². The Bertz CT molecular complexity index is 414. The number of anilines is 1. The second kappa shape index (κ2) is 5.01. The van der Waals surface area contributed by atoms with Crippen molar-refractivity contribution in [1.82, 2.24) is 15.2 Å². The van der Waals surface area contributed by atoms with Crippen molar-refractivity contribution in [2.45, 2.75) is 25.8 Å². The van der Waals surface area contributed by atoms with Gasteiger partial charge in [-0.05, 0) is 26.8 Å². The van der Waals surface area contributed by atoms with E-state index >= 15 is 0 Å². The van der Waals surface area contributed by atoms with Gasteiger partial charge in [0.2, 0.25) is 0 Å². The first kappa shape index (κ1) is 12.3. The molecule has 1 fully saturated rings. The molecular weight excluding hydrogens is 236 g/mol. The highest BCUT2D eigenvalue weighted by Gasteiger charge is 2.25. The van der Waals surface area contributed by atoms with E-state index in [1.165, 1.54) is 24.2 Å². The number of carbonyl (C=O) groups is 1. The van der Waals surface area contributed by atoms with Crippen molar-refractivity contribution < 1.29 is 4.79 Å². The van der Waals surface area contributed by atoms with Gasteiger partial charge in [0.25, 0.3) is 5.91 Å². The first-order valence-electron chi connectivity index (χ1n) is 5.79. The first-order valence-corrected chi connectivity index (χ1v) is 6.61. The summed E-state index contributed by atoms with van der Waals surface area (Å²) in [5, 5.41) is 3.35. The number of amides is 1. The summed E-state index contributed by atoms with van der Waals surface area (Å²) in [5.41, 5.74) is 6.27. The normalized spacial score (nSPS) is 15.2. The predicted octanol–water partition coefficient (Wildman–Crippen LogP) is 0.858. The van der Waals surface area contributed by atoms with Crippen LogP contribution < -0.4 is 11.1 Å². The lowest BCUT2D eigenvalue weighted by Gasteiger charge is -2.15. The third kappa shape index (κ3) is 3.17. The van der Waals surface area contributed by atoms with E-state index in [1.807, 2.05) is 0 Å². The van der Waals surface area contributed by atoms with Crippen LogP contribution >= 0.6 is 11.3 Å². The summed E-state index contributed by atoms with van der Waals surface area (Å²) in [6.07, 6.45) is 2.57. The number of hydrogen-bond donors (Lipinski definition) is 2. The van der Waals surface area contributed by atoms with Gasteiger partial charge in [-0.2, -0.15) is 0 Å². The fourth-order valence-corrected chi connectivity index (χ4v) is 2.50. The predicted molar refractivity (Wildman–Crippen MR) is 69.2 cm³/mol. The molecule has 1 aromatic rings. The highest BCUT2D eigenvalue weighted by atomic mass is 32.1. The van der Waals surface area contributed by atoms with E-state index in [0.29, 0.717) is 22.2 Å². The van der Waals surface area contributed by atoms with Crippen molar-refractivity contribution in [1.29, 1.82) is 0 Å². The van der Waals surface area contributed by atoms with Gasteiger partial charge in [-0.15, -0.1) is 0 Å². The maximum Gasteiger partial charge on any atom is 0.263 e. The van der Waals surface area contributed by atoms with E-state index in [4.69, 9.17) is 5.73 Å². The fourth-order valence-electron chi connectivity index (χ4n) is 1.75. The number of nitrogens with one attached hydrogen (secondary N) is 1. The van der Waals surface area contributed by atoms with Crippen LogP contribution in [0.25, 0.3) is 0 Å². The number of thiazole rings is 1. The lowest BCUT2D eigenvalue weighted by Crippen LogP contribution is -2.33. The summed E-state index contributed by atoms with van der Waals surface area (Å²) in [4.78, 5) is 18.8. The van der Waals surface area contributed by atoms with Crippen molar-refractivity contribution in [3.63, 3.8) is 0 Å². The van der Waals surface area contributed by atoms with Gasteiger partial charge < -0.3 is 16.0 Å². The SMILES string of the molecule is Cc1nc(N)sc1C(=O)NCCN(C)C1CC1. The lowest BCUT2D eigenvalue weighted by atomic mass is 10.3. The summed E-state index contributed by atoms with van der Waals surface area (Å²) in [6.45, 7) is 3.37. The number of nitrogens with two attached hydrogens (primary N) is 1. The van der Waals surface area contributed by atoms with Crippen molar-refractivity contribution in [3.8, 4) is 0 Å². The summed E-state index contributed by atoms with van der Waals surface area (Å²) in [7, 11) is 2.10. The molecule has 0 spiro atoms. The molecule has 0 radical (unpaired) electrons. The number of nitrogen functional groups attached to an aromatic ring is 1. The Morgan fingerprint density at radius 2 is 2.35 bits per heavy atom. The second-order valence-corrected chi connectivity index (χ2v) is 5.46. The molecule has 1 saturated carbocycles. The molecule has 1 heterocycles. The largest absolute Gasteiger partial charge is 0.375 e. The molecule has 17 heavy (non-hydrogen) atoms. The average Bonchev–Trinajstić information content (AvgIpc) is 3.04. The third-order valence-electron chi connectivity index (χ3n) is 2.94. The van der Waals surface area contributed by atoms with Crippen LogP contribution in [0.4, 0.5) is 5.13 Å². The van der Waals surface area contributed by atoms with Gasteiger partial charge in [-0.3, -0.25) is 4.79 Å². The molecule has 0 bridgehead atoms. The monoisotopic (exact) mass is 254 g/mol. The standard InChI is InChI=1S/C11H18N4OS/c1-7-9(17-11(12)14-7)10(16)13-5-6-15(2)8-3-4-8/h8H,3-6H2,1-2H3,(H2,12,14)(H,13,16). The third-order valence-corrected chi connectivity index (χ3v) is 3.93. The van der Waals surface area contributed by atoms with E-state index in [2.05, 4.69) is 22.2 Å². The van der Waals surface area contributed by atoms with Crippen LogP contribution in [0.5, 0.6) is 0 Å². The molecule has 94 valence electrons. The quantitative estimate of drug-likeness (QED) is 0.817. The number of rotatable bonds is 5. The van der Waals surface area contributed by atoms with Gasteiger partial charge in [0, 0.05) is 19.1 Å². The number of carbonyl (C=O) groups excluding carboxylic acids is 1. The molecule has 6 heteroatoms. The number of nitrogens with zero attached hydrogens (tertiary/aromatic N) is 2. The molecule has 1 aliphatic carbocycles. The fraction of sp³-hybridized carbons (Fsp3) is 0.636. The smallest absolute Gasteiger partial charge is 0.263 e. The number of likely N-dealkylation sites (N-methyl/N-ethyl adjacent to an activating group) is 1. The second-order valence-electron chi connectivity index (χ2n) is 4.43. The molecule has 3 N–H and O–H groups in total. The average molecular weight is 254 g/mol. The van der Waals surface area contributed by atoms with Crippen LogP contribution in [0.3, 0.4) is 0 Å². The van der Waals surface area contributed by atoms with Gasteiger partial charge >= 0.3 is 0 Å². The van der Waals surface area contributed by atoms with Crippen LogP contribution in [-0.4, -0.2) is 42.0 Å². The molecule has 0 aromatic carbocycles. The van der Waals surface area contributed by atoms with E-state index in [1.54, 1.807) is 6.92 Å². The Morgan fingerprint density at radius 1 is 1.65 bits per heavy atom. The molecule has 1 aliphatic rings. The van der Waals surface area contributed by atoms with Gasteiger partial charge in [0.05, 0.1) is 5.69 Å². The first-order chi connectivity index (χ1) is 8.08. The lowest BCUT2D eigenvalue weighted by molar-refractivity contribution is 0.0952. The number of aromatic nitrogens is 1. The maximum atomic E-state index is 11.8. The van der Waals surface area contributed by atoms with Gasteiger partial charge in [0.15, 0.2) is 5.13 Å². The molecule has 0 unspecified atom stereocenters. The maximum absolute atomic E-state index is 11.8. The van der Waals surface area contributed by atoms with Gasteiger partial charge in [-0.25, -0.2) is 4.98 Å². The zero-order valence-electron chi connectivity index (χ0n) is 10.2. The van der Waals surface area contributed by atoms with Crippen LogP contribution in [-0.2, 0) is 0 Å². The molecule has 0 atom stereocenters. The number of hydrogen-bond acceptors (Lipinski definition) is 5. The van der Waals surface area contributed by atoms with Gasteiger partial charge in [-0.1, -0.05) is 11.3 Å². The Kier molecular flexibility index (Phi) is 3.63. The van der Waals surface area contributed by atoms with Crippen LogP contribution in [0.1, 0.15) is 28.2 Å². The minimum Gasteiger partial charge on any atom is -0.375 e. The van der Waals surface area contributed by atoms with Crippen molar-refractivity contribution >= 4 is 22.4 Å². The summed E-state index contributed by atoms with van der Waals surface area (Å²) < 4.78 is 0. The van der Waals surface area contributed by atoms with E-state index in [0.717, 1.165) is 12.6 Å². The van der Waals surface area contributed by atoms with E-state index < -0.39 is 0 Å². The molecule has 0 saturated heterocycles. The molecule has 1 amide bonds. The Morgan fingerprint density at radius 3 is 2.88 bits per heavy atom. The zero-order chi connectivity index (χ0) is 12.4. The topological polar surface area (TPSA) is 71.2 Å². The number of aryl methyl sites for hydroxylation is 1. The van der Waals surface area contributed by atoms with Gasteiger partial charge in [0.1, 0.15) is 4.88 Å². The Labute approximate surface area is 105 Å². The Balaban J connectivity index is 1.78. The minimum atomic E-state index is -0.0686. The Hall–Kier alpha value is -1.14. The molecule has 0 aliphatic heterocycles. The summed E-state index contributed by atoms with van der Waals surface area (Å²) in [6, 6.07) is 0.729. The molecule has 2 rings (SSSR count). The summed E-state index contributed by atoms with van der Waals surface area (Å²) in [5.74, 6) is -0.0686. The zero-order valence-corrected chi connectivity index (χ0v) is 11.0. The highest BCUT2D eigenvalue weighted by Crippen LogP contribution is 2.24. The van der Waals surface area contributed by atoms with E-state index in [9.17, 15) is 4.79 Å². The van der Waals surface area contributed by atoms with Crippen LogP contribution in [0, 0.1) is 6.92 Å².